The van der Waals surface area contributed by atoms with Crippen molar-refractivity contribution in [2.45, 2.75) is 104 Å². The predicted molar refractivity (Wildman–Crippen MR) is 151 cm³/mol. The lowest BCUT2D eigenvalue weighted by Gasteiger charge is -2.36. The van der Waals surface area contributed by atoms with Crippen LogP contribution >= 0.6 is 11.8 Å². The average Bonchev–Trinajstić information content (AvgIpc) is 2.75. The number of thioether (sulfide) groups is 1. The summed E-state index contributed by atoms with van der Waals surface area (Å²) >= 11 is 1.57. The molecule has 0 saturated carbocycles. The van der Waals surface area contributed by atoms with Gasteiger partial charge in [-0.1, -0.05) is 25.8 Å². The van der Waals surface area contributed by atoms with Crippen molar-refractivity contribution in [2.75, 3.05) is 18.6 Å². The smallest absolute Gasteiger partial charge is 0.408 e. The molecule has 0 aromatic heterocycles. The first kappa shape index (κ1) is 32.6. The number of aryl methyl sites for hydroxylation is 1. The van der Waals surface area contributed by atoms with Crippen molar-refractivity contribution in [1.82, 2.24) is 15.5 Å². The zero-order chi connectivity index (χ0) is 28.4. The van der Waals surface area contributed by atoms with Crippen molar-refractivity contribution < 1.29 is 24.2 Å². The molecule has 0 spiro atoms. The Bertz CT molecular complexity index is 908. The van der Waals surface area contributed by atoms with Gasteiger partial charge in [-0.05, 0) is 96.6 Å². The van der Waals surface area contributed by atoms with Crippen molar-refractivity contribution in [3.8, 4) is 5.75 Å². The third-order valence-corrected chi connectivity index (χ3v) is 6.12. The molecular formula is C28H47N3O5S. The molecule has 0 radical (unpaired) electrons. The number of benzene rings is 1. The van der Waals surface area contributed by atoms with Crippen LogP contribution in [0.3, 0.4) is 0 Å². The van der Waals surface area contributed by atoms with Crippen LogP contribution in [0, 0.1) is 6.92 Å². The monoisotopic (exact) mass is 537 g/mol. The molecule has 1 rings (SSSR count). The van der Waals surface area contributed by atoms with Crippen LogP contribution in [0.25, 0.3) is 0 Å². The first-order valence-corrected chi connectivity index (χ1v) is 14.4. The molecule has 2 unspecified atom stereocenters. The molecule has 210 valence electrons. The molecule has 0 aliphatic heterocycles. The van der Waals surface area contributed by atoms with Gasteiger partial charge in [0.05, 0.1) is 0 Å². The van der Waals surface area contributed by atoms with Gasteiger partial charge in [-0.25, -0.2) is 4.79 Å². The molecule has 0 fully saturated rings. The van der Waals surface area contributed by atoms with E-state index in [1.54, 1.807) is 62.6 Å². The van der Waals surface area contributed by atoms with Gasteiger partial charge in [0.25, 0.3) is 0 Å². The molecule has 3 amide bonds. The highest BCUT2D eigenvalue weighted by Gasteiger charge is 2.37. The number of amides is 3. The van der Waals surface area contributed by atoms with Crippen LogP contribution in [-0.4, -0.2) is 63.6 Å². The van der Waals surface area contributed by atoms with Crippen molar-refractivity contribution in [3.63, 3.8) is 0 Å². The number of aromatic hydroxyl groups is 1. The van der Waals surface area contributed by atoms with Crippen LogP contribution in [0.2, 0.25) is 0 Å². The highest BCUT2D eigenvalue weighted by atomic mass is 32.2. The molecule has 37 heavy (non-hydrogen) atoms. The maximum atomic E-state index is 14.1. The van der Waals surface area contributed by atoms with E-state index in [0.717, 1.165) is 12.8 Å². The van der Waals surface area contributed by atoms with Gasteiger partial charge in [0.1, 0.15) is 23.4 Å². The Morgan fingerprint density at radius 3 is 2.27 bits per heavy atom. The molecule has 9 heteroatoms. The number of carbonyl (C=O) groups excluding carboxylic acids is 3. The summed E-state index contributed by atoms with van der Waals surface area (Å²) in [6.45, 7) is 15.1. The molecule has 3 N–H and O–H groups in total. The SMILES string of the molecule is CCCCCN(C(=O)C(CCSC)NC(=O)OC(C)(C)C)C(C(=O)NC(C)(C)C)c1ccc(O)c(C)c1. The first-order valence-electron chi connectivity index (χ1n) is 13.0. The molecule has 0 aliphatic rings. The Hall–Kier alpha value is -2.42. The Labute approximate surface area is 227 Å². The van der Waals surface area contributed by atoms with Crippen LogP contribution in [-0.2, 0) is 14.3 Å². The largest absolute Gasteiger partial charge is 0.508 e. The lowest BCUT2D eigenvalue weighted by Crippen LogP contribution is -2.55. The summed E-state index contributed by atoms with van der Waals surface area (Å²) in [6.07, 6.45) is 4.21. The van der Waals surface area contributed by atoms with Crippen molar-refractivity contribution >= 4 is 29.7 Å². The molecule has 0 saturated heterocycles. The molecule has 2 atom stereocenters. The molecule has 1 aromatic carbocycles. The maximum absolute atomic E-state index is 14.1. The van der Waals surface area contributed by atoms with E-state index in [0.29, 0.717) is 36.3 Å². The molecular weight excluding hydrogens is 490 g/mol. The number of alkyl carbamates (subject to hydrolysis) is 1. The molecule has 1 aromatic rings. The van der Waals surface area contributed by atoms with E-state index in [1.807, 2.05) is 27.0 Å². The molecule has 0 aliphatic carbocycles. The van der Waals surface area contributed by atoms with E-state index < -0.39 is 29.3 Å². The Morgan fingerprint density at radius 1 is 1.11 bits per heavy atom. The molecule has 8 nitrogen and oxygen atoms in total. The Balaban J connectivity index is 3.54. The van der Waals surface area contributed by atoms with Crippen LogP contribution in [0.4, 0.5) is 4.79 Å². The quantitative estimate of drug-likeness (QED) is 0.311. The van der Waals surface area contributed by atoms with E-state index in [1.165, 1.54) is 0 Å². The van der Waals surface area contributed by atoms with Gasteiger partial charge in [-0.2, -0.15) is 11.8 Å². The number of hydrogen-bond acceptors (Lipinski definition) is 6. The second kappa shape index (κ2) is 14.5. The number of unbranched alkanes of at least 4 members (excludes halogenated alkanes) is 2. The van der Waals surface area contributed by atoms with Gasteiger partial charge >= 0.3 is 6.09 Å². The standard InChI is InChI=1S/C28H47N3O5S/c1-10-11-12-16-31(25(34)21(15-17-37-9)29-26(35)36-28(6,7)8)23(24(33)30-27(3,4)5)20-13-14-22(32)19(2)18-20/h13-14,18,21,23,32H,10-12,15-17H2,1-9H3,(H,29,35)(H,30,33). The van der Waals surface area contributed by atoms with Gasteiger partial charge in [0, 0.05) is 12.1 Å². The Morgan fingerprint density at radius 2 is 1.76 bits per heavy atom. The summed E-state index contributed by atoms with van der Waals surface area (Å²) in [5.74, 6) is 0.109. The van der Waals surface area contributed by atoms with Gasteiger partial charge < -0.3 is 25.4 Å². The number of phenols is 1. The van der Waals surface area contributed by atoms with Gasteiger partial charge in [-0.15, -0.1) is 0 Å². The summed E-state index contributed by atoms with van der Waals surface area (Å²) in [5.41, 5.74) is -0.0241. The lowest BCUT2D eigenvalue weighted by molar-refractivity contribution is -0.143. The maximum Gasteiger partial charge on any atom is 0.408 e. The summed E-state index contributed by atoms with van der Waals surface area (Å²) in [6, 6.07) is 3.17. The zero-order valence-electron chi connectivity index (χ0n) is 24.1. The summed E-state index contributed by atoms with van der Waals surface area (Å²) < 4.78 is 5.43. The second-order valence-corrected chi connectivity index (χ2v) is 12.4. The highest BCUT2D eigenvalue weighted by Crippen LogP contribution is 2.28. The molecule has 0 heterocycles. The Kier molecular flexibility index (Phi) is 12.8. The predicted octanol–water partition coefficient (Wildman–Crippen LogP) is 5.32. The number of hydrogen-bond donors (Lipinski definition) is 3. The van der Waals surface area contributed by atoms with Crippen molar-refractivity contribution in [2.24, 2.45) is 0 Å². The van der Waals surface area contributed by atoms with Crippen LogP contribution in [0.15, 0.2) is 18.2 Å². The van der Waals surface area contributed by atoms with E-state index >= 15 is 0 Å². The number of phenolic OH excluding ortho intramolecular Hbond substituents is 1. The number of carbonyl (C=O) groups is 3. The fourth-order valence-electron chi connectivity index (χ4n) is 3.80. The average molecular weight is 538 g/mol. The first-order chi connectivity index (χ1) is 17.1. The summed E-state index contributed by atoms with van der Waals surface area (Å²) in [7, 11) is 0. The summed E-state index contributed by atoms with van der Waals surface area (Å²) in [4.78, 5) is 42.0. The fraction of sp³-hybridized carbons (Fsp3) is 0.679. The zero-order valence-corrected chi connectivity index (χ0v) is 24.9. The van der Waals surface area contributed by atoms with Crippen LogP contribution in [0.5, 0.6) is 5.75 Å². The number of nitrogens with one attached hydrogen (secondary N) is 2. The van der Waals surface area contributed by atoms with Gasteiger partial charge in [0.15, 0.2) is 0 Å². The second-order valence-electron chi connectivity index (χ2n) is 11.4. The number of ether oxygens (including phenoxy) is 1. The van der Waals surface area contributed by atoms with E-state index in [4.69, 9.17) is 4.74 Å². The van der Waals surface area contributed by atoms with Crippen molar-refractivity contribution in [3.05, 3.63) is 29.3 Å². The highest BCUT2D eigenvalue weighted by molar-refractivity contribution is 7.98. The van der Waals surface area contributed by atoms with Crippen LogP contribution in [0.1, 0.15) is 91.3 Å². The van der Waals surface area contributed by atoms with Gasteiger partial charge in [0.2, 0.25) is 11.8 Å². The number of nitrogens with zero attached hydrogens (tertiary/aromatic N) is 1. The lowest BCUT2D eigenvalue weighted by atomic mass is 9.98. The van der Waals surface area contributed by atoms with Gasteiger partial charge in [-0.3, -0.25) is 9.59 Å². The van der Waals surface area contributed by atoms with E-state index in [2.05, 4.69) is 17.6 Å². The molecule has 0 bridgehead atoms. The minimum absolute atomic E-state index is 0.118. The fourth-order valence-corrected chi connectivity index (χ4v) is 4.27. The topological polar surface area (TPSA) is 108 Å². The minimum Gasteiger partial charge on any atom is -0.508 e. The van der Waals surface area contributed by atoms with Crippen LogP contribution < -0.4 is 10.6 Å². The van der Waals surface area contributed by atoms with E-state index in [9.17, 15) is 19.5 Å². The normalized spacial score (nSPS) is 13.4. The number of rotatable bonds is 12. The third-order valence-electron chi connectivity index (χ3n) is 5.48. The van der Waals surface area contributed by atoms with Crippen molar-refractivity contribution in [1.29, 1.82) is 0 Å². The summed E-state index contributed by atoms with van der Waals surface area (Å²) in [5, 5.41) is 15.9. The third kappa shape index (κ3) is 11.7. The van der Waals surface area contributed by atoms with E-state index in [-0.39, 0.29) is 17.6 Å². The minimum atomic E-state index is -0.930.